The number of carbonyl (C=O) groups is 7. The van der Waals surface area contributed by atoms with E-state index in [2.05, 4.69) is 24.4 Å². The lowest BCUT2D eigenvalue weighted by atomic mass is 9.44. The van der Waals surface area contributed by atoms with Crippen molar-refractivity contribution in [2.45, 2.75) is 217 Å². The highest BCUT2D eigenvalue weighted by molar-refractivity contribution is 5.96. The second-order valence-electron chi connectivity index (χ2n) is 24.9. The monoisotopic (exact) mass is 1220 g/mol. The Balaban J connectivity index is 1.06. The van der Waals surface area contributed by atoms with Crippen LogP contribution in [0.1, 0.15) is 184 Å². The van der Waals surface area contributed by atoms with Crippen molar-refractivity contribution in [3.8, 4) is 0 Å². The van der Waals surface area contributed by atoms with Gasteiger partial charge in [-0.05, 0) is 93.3 Å². The largest absolute Gasteiger partial charge is 0.509 e. The first-order valence-corrected chi connectivity index (χ1v) is 31.4. The van der Waals surface area contributed by atoms with Gasteiger partial charge in [0.25, 0.3) is 5.91 Å². The molecule has 5 aliphatic rings. The molecular weight excluding hydrogens is 1130 g/mol. The first kappa shape index (κ1) is 67.2. The molecule has 3 aromatic rings. The number of allylic oxidation sites excluding steroid dienone is 2. The van der Waals surface area contributed by atoms with Gasteiger partial charge in [-0.3, -0.25) is 19.2 Å². The molecule has 2 bridgehead atoms. The van der Waals surface area contributed by atoms with Gasteiger partial charge in [0.1, 0.15) is 42.7 Å². The number of Topliss-reactive ketones (excluding diaryl/α,β-unsaturated/α-hetero) is 1. The molecule has 3 N–H and O–H groups in total. The van der Waals surface area contributed by atoms with Gasteiger partial charge in [0, 0.05) is 37.7 Å². The highest BCUT2D eigenvalue weighted by Crippen LogP contribution is 2.64. The molecule has 2 aliphatic heterocycles. The van der Waals surface area contributed by atoms with E-state index in [9.17, 15) is 34.2 Å². The third-order valence-corrected chi connectivity index (χ3v) is 18.6. The van der Waals surface area contributed by atoms with E-state index in [0.717, 1.165) is 58.8 Å². The fraction of sp³-hybridized carbons (Fsp3) is 0.580. The van der Waals surface area contributed by atoms with Crippen LogP contribution in [0.15, 0.2) is 114 Å². The van der Waals surface area contributed by atoms with Crippen molar-refractivity contribution in [3.63, 3.8) is 0 Å². The lowest BCUT2D eigenvalue weighted by molar-refractivity contribution is -0.346. The average molecular weight is 1220 g/mol. The second kappa shape index (κ2) is 30.2. The summed E-state index contributed by atoms with van der Waals surface area (Å²) in [4.78, 5) is 101. The average Bonchev–Trinajstić information content (AvgIpc) is 0.817. The fourth-order valence-electron chi connectivity index (χ4n) is 13.7. The Morgan fingerprint density at radius 1 is 0.750 bits per heavy atom. The second-order valence-corrected chi connectivity index (χ2v) is 24.9. The van der Waals surface area contributed by atoms with E-state index in [4.69, 9.17) is 42.6 Å². The van der Waals surface area contributed by atoms with E-state index in [1.165, 1.54) is 64.5 Å². The number of aliphatic hydroxyl groups excluding tert-OH is 1. The van der Waals surface area contributed by atoms with Crippen LogP contribution in [0.4, 0.5) is 4.79 Å². The summed E-state index contributed by atoms with van der Waals surface area (Å²) >= 11 is 0. The molecule has 4 fully saturated rings. The van der Waals surface area contributed by atoms with E-state index in [1.54, 1.807) is 92.7 Å². The predicted octanol–water partition coefficient (Wildman–Crippen LogP) is 10.7. The zero-order chi connectivity index (χ0) is 63.2. The SMILES string of the molecule is CCCCCCCC/C=C\CCCCCCC[C@@H]1OC[C@H](COC(=O)O[C@@H](C(=O)O[C@H]2C[C@@]3(O)[C@@H](OC(=O)c4ccccc4)[C@@H]4[C@]5(OC(C)=O)CO[C@@H]5C[C@H](O)[C@@]4(C)C(=O)[C@H](OC(C)=O)C(=C2C)C3(C)C)[C@@H](NC(=O)c2ccccc2)c2ccccc2)O1. The molecule has 3 aliphatic carbocycles. The number of hydrogen-bond acceptors (Lipinski definition) is 18. The highest BCUT2D eigenvalue weighted by Gasteiger charge is 2.78. The summed E-state index contributed by atoms with van der Waals surface area (Å²) in [7, 11) is 0. The summed E-state index contributed by atoms with van der Waals surface area (Å²) in [5.41, 5.74) is -7.59. The van der Waals surface area contributed by atoms with Gasteiger partial charge in [-0.2, -0.15) is 0 Å². The normalized spacial score (nSPS) is 28.5. The third-order valence-electron chi connectivity index (χ3n) is 18.6. The minimum atomic E-state index is -2.49. The molecule has 3 aromatic carbocycles. The maximum absolute atomic E-state index is 15.9. The smallest absolute Gasteiger partial charge is 0.455 e. The summed E-state index contributed by atoms with van der Waals surface area (Å²) in [5, 5.41) is 29.3. The zero-order valence-corrected chi connectivity index (χ0v) is 51.9. The molecule has 1 amide bonds. The van der Waals surface area contributed by atoms with Crippen LogP contribution in [-0.2, 0) is 61.8 Å². The van der Waals surface area contributed by atoms with Crippen molar-refractivity contribution >= 4 is 41.7 Å². The van der Waals surface area contributed by atoms with E-state index >= 15 is 9.59 Å². The molecule has 2 saturated heterocycles. The van der Waals surface area contributed by atoms with Crippen LogP contribution >= 0.6 is 0 Å². The van der Waals surface area contributed by atoms with Gasteiger partial charge in [0.2, 0.25) is 6.10 Å². The van der Waals surface area contributed by atoms with Crippen molar-refractivity contribution < 1.29 is 86.4 Å². The summed E-state index contributed by atoms with van der Waals surface area (Å²) in [6, 6.07) is 22.7. The van der Waals surface area contributed by atoms with E-state index in [1.807, 2.05) is 0 Å². The maximum atomic E-state index is 15.9. The molecule has 0 aromatic heterocycles. The number of rotatable bonds is 28. The van der Waals surface area contributed by atoms with Crippen molar-refractivity contribution in [1.29, 1.82) is 0 Å². The molecule has 478 valence electrons. The predicted molar refractivity (Wildman–Crippen MR) is 322 cm³/mol. The van der Waals surface area contributed by atoms with E-state index in [0.29, 0.717) is 12.0 Å². The van der Waals surface area contributed by atoms with Crippen molar-refractivity contribution in [2.75, 3.05) is 19.8 Å². The van der Waals surface area contributed by atoms with Crippen LogP contribution in [0.2, 0.25) is 0 Å². The first-order valence-electron chi connectivity index (χ1n) is 31.4. The molecule has 13 atom stereocenters. The quantitative estimate of drug-likeness (QED) is 0.0264. The number of fused-ring (bicyclic) bond motifs is 5. The Bertz CT molecular complexity index is 2950. The third kappa shape index (κ3) is 15.1. The van der Waals surface area contributed by atoms with Crippen molar-refractivity contribution in [2.24, 2.45) is 16.7 Å². The summed E-state index contributed by atoms with van der Waals surface area (Å²) in [6.45, 7) is 9.94. The number of aliphatic hydroxyl groups is 2. The maximum Gasteiger partial charge on any atom is 0.509 e. The number of amides is 1. The molecule has 0 unspecified atom stereocenters. The highest BCUT2D eigenvalue weighted by atomic mass is 16.8. The van der Waals surface area contributed by atoms with Crippen LogP contribution in [0.5, 0.6) is 0 Å². The van der Waals surface area contributed by atoms with Gasteiger partial charge >= 0.3 is 30.0 Å². The molecule has 2 saturated carbocycles. The number of nitrogens with one attached hydrogen (secondary N) is 1. The van der Waals surface area contributed by atoms with Gasteiger partial charge in [0.05, 0.1) is 36.2 Å². The minimum Gasteiger partial charge on any atom is -0.455 e. The van der Waals surface area contributed by atoms with Crippen LogP contribution < -0.4 is 5.32 Å². The zero-order valence-electron chi connectivity index (χ0n) is 51.9. The number of hydrogen-bond donors (Lipinski definition) is 3. The molecule has 19 nitrogen and oxygen atoms in total. The number of esters is 4. The Kier molecular flexibility index (Phi) is 23.0. The molecular formula is C69H89NO18. The molecule has 2 heterocycles. The molecule has 19 heteroatoms. The van der Waals surface area contributed by atoms with Gasteiger partial charge in [-0.25, -0.2) is 14.4 Å². The van der Waals surface area contributed by atoms with Crippen LogP contribution in [0, 0.1) is 16.7 Å². The summed E-state index contributed by atoms with van der Waals surface area (Å²) in [6.07, 6.45) is 6.99. The Hall–Kier alpha value is -6.77. The van der Waals surface area contributed by atoms with Gasteiger partial charge in [-0.1, -0.05) is 151 Å². The van der Waals surface area contributed by atoms with Crippen LogP contribution in [0.3, 0.4) is 0 Å². The van der Waals surface area contributed by atoms with Gasteiger partial charge in [-0.15, -0.1) is 0 Å². The van der Waals surface area contributed by atoms with E-state index in [-0.39, 0.29) is 48.5 Å². The number of ketones is 1. The number of unbranched alkanes of at least 4 members (excludes halogenated alkanes) is 11. The fourth-order valence-corrected chi connectivity index (χ4v) is 13.7. The Morgan fingerprint density at radius 2 is 1.35 bits per heavy atom. The van der Waals surface area contributed by atoms with Gasteiger partial charge < -0.3 is 58.2 Å². The summed E-state index contributed by atoms with van der Waals surface area (Å²) < 4.78 is 54.7. The van der Waals surface area contributed by atoms with Crippen LogP contribution in [0.25, 0.3) is 0 Å². The standard InChI is InChI=1S/C69H89NO18/c1-8-9-10-11-12-13-14-15-16-17-18-19-20-21-31-38-54-80-41-50(84-54)42-81-65(78)86-58(56(47-32-25-22-26-33-47)70-62(75)48-34-27-23-28-35-48)64(77)85-51-40-69(79)61(87-63(76)49-36-29-24-30-37-49)59-67(7,52(73)39-53-68(59,43-82-53)88-46(4)72)60(74)57(83-45(3)71)55(44(51)2)66(69,5)6/h15-16,22-30,32-37,50-54,56-59,61,73,79H,8-14,17-21,31,38-43H2,1-7H3,(H,70,75)/b16-15-/t50-,51+,52+,53-,54-,56+,57-,58-,59+,61+,67-,68+,69-/m1/s1. The van der Waals surface area contributed by atoms with Crippen LogP contribution in [-0.4, -0.2) is 132 Å². The minimum absolute atomic E-state index is 0.0405. The number of benzene rings is 3. The Morgan fingerprint density at radius 3 is 1.95 bits per heavy atom. The first-order chi connectivity index (χ1) is 42.2. The molecule has 0 spiro atoms. The molecule has 0 radical (unpaired) electrons. The van der Waals surface area contributed by atoms with Crippen molar-refractivity contribution in [3.05, 3.63) is 131 Å². The lowest BCUT2D eigenvalue weighted by Gasteiger charge is -2.67. The number of ether oxygens (including phenoxy) is 9. The van der Waals surface area contributed by atoms with Crippen molar-refractivity contribution in [1.82, 2.24) is 5.32 Å². The lowest BCUT2D eigenvalue weighted by Crippen LogP contribution is -2.82. The Labute approximate surface area is 516 Å². The molecule has 88 heavy (non-hydrogen) atoms. The number of carbonyl (C=O) groups excluding carboxylic acids is 7. The molecule has 8 rings (SSSR count). The van der Waals surface area contributed by atoms with Gasteiger partial charge in [0.15, 0.2) is 23.8 Å². The topological polar surface area (TPSA) is 255 Å². The van der Waals surface area contributed by atoms with E-state index < -0.39 is 131 Å². The summed E-state index contributed by atoms with van der Waals surface area (Å²) in [5.74, 6) is -7.13.